The zero-order valence-corrected chi connectivity index (χ0v) is 11.9. The molecule has 2 N–H and O–H groups in total. The van der Waals surface area contributed by atoms with Crippen LogP contribution in [0.25, 0.3) is 0 Å². The number of benzene rings is 1. The number of nitrogens with one attached hydrogen (secondary N) is 2. The second kappa shape index (κ2) is 8.09. The van der Waals surface area contributed by atoms with Crippen LogP contribution in [-0.4, -0.2) is 44.5 Å². The van der Waals surface area contributed by atoms with Crippen molar-refractivity contribution in [1.82, 2.24) is 10.2 Å². The first-order valence-corrected chi connectivity index (χ1v) is 6.47. The van der Waals surface area contributed by atoms with Crippen LogP contribution in [0.15, 0.2) is 18.2 Å². The molecule has 0 saturated heterocycles. The summed E-state index contributed by atoms with van der Waals surface area (Å²) in [4.78, 5) is 13.7. The molecule has 0 atom stereocenters. The average Bonchev–Trinajstić information content (AvgIpc) is 2.33. The number of rotatable bonds is 7. The van der Waals surface area contributed by atoms with Gasteiger partial charge in [0.05, 0.1) is 11.6 Å². The smallest absolute Gasteiger partial charge is 0.238 e. The Labute approximate surface area is 117 Å². The maximum Gasteiger partial charge on any atom is 0.238 e. The summed E-state index contributed by atoms with van der Waals surface area (Å²) in [5.41, 5.74) is 0.492. The van der Waals surface area contributed by atoms with Gasteiger partial charge in [0.25, 0.3) is 0 Å². The van der Waals surface area contributed by atoms with Crippen LogP contribution in [0, 0.1) is 5.82 Å². The van der Waals surface area contributed by atoms with E-state index < -0.39 is 5.82 Å². The van der Waals surface area contributed by atoms with E-state index in [2.05, 4.69) is 15.5 Å². The van der Waals surface area contributed by atoms with Crippen LogP contribution in [0.5, 0.6) is 0 Å². The molecule has 19 heavy (non-hydrogen) atoms. The zero-order valence-electron chi connectivity index (χ0n) is 11.2. The van der Waals surface area contributed by atoms with Crippen LogP contribution >= 0.6 is 11.6 Å². The quantitative estimate of drug-likeness (QED) is 0.754. The second-order valence-corrected chi connectivity index (χ2v) is 4.92. The van der Waals surface area contributed by atoms with E-state index in [1.165, 1.54) is 18.2 Å². The summed E-state index contributed by atoms with van der Waals surface area (Å²) in [6.45, 7) is 1.97. The maximum absolute atomic E-state index is 12.9. The first kappa shape index (κ1) is 15.9. The van der Waals surface area contributed by atoms with Gasteiger partial charge in [0, 0.05) is 5.69 Å². The van der Waals surface area contributed by atoms with Gasteiger partial charge in [-0.05, 0) is 51.8 Å². The largest absolute Gasteiger partial charge is 0.325 e. The molecule has 0 spiro atoms. The van der Waals surface area contributed by atoms with Crippen molar-refractivity contribution in [2.75, 3.05) is 39.0 Å². The summed E-state index contributed by atoms with van der Waals surface area (Å²) < 4.78 is 12.9. The Morgan fingerprint density at radius 2 is 2.16 bits per heavy atom. The van der Waals surface area contributed by atoms with E-state index in [1.807, 2.05) is 14.1 Å². The standard InChI is InChI=1S/C13H19ClFN3O/c1-18(2)7-3-6-16-9-13(19)17-10-4-5-12(15)11(14)8-10/h4-5,8,16H,3,6-7,9H2,1-2H3,(H,17,19). The number of hydrogen-bond donors (Lipinski definition) is 2. The molecular weight excluding hydrogens is 269 g/mol. The number of hydrogen-bond acceptors (Lipinski definition) is 3. The lowest BCUT2D eigenvalue weighted by Gasteiger charge is -2.10. The molecule has 0 aromatic heterocycles. The van der Waals surface area contributed by atoms with Crippen molar-refractivity contribution in [3.63, 3.8) is 0 Å². The van der Waals surface area contributed by atoms with Gasteiger partial charge in [-0.25, -0.2) is 4.39 Å². The number of carbonyl (C=O) groups excluding carboxylic acids is 1. The highest BCUT2D eigenvalue weighted by atomic mass is 35.5. The monoisotopic (exact) mass is 287 g/mol. The molecular formula is C13H19ClFN3O. The highest BCUT2D eigenvalue weighted by molar-refractivity contribution is 6.31. The summed E-state index contributed by atoms with van der Waals surface area (Å²) in [6, 6.07) is 4.09. The van der Waals surface area contributed by atoms with Crippen LogP contribution in [-0.2, 0) is 4.79 Å². The molecule has 0 aliphatic heterocycles. The first-order valence-electron chi connectivity index (χ1n) is 6.09. The van der Waals surface area contributed by atoms with Gasteiger partial charge in [-0.2, -0.15) is 0 Å². The van der Waals surface area contributed by atoms with Gasteiger partial charge in [0.2, 0.25) is 5.91 Å². The normalized spacial score (nSPS) is 10.8. The van der Waals surface area contributed by atoms with Gasteiger partial charge in [-0.15, -0.1) is 0 Å². The van der Waals surface area contributed by atoms with Crippen molar-refractivity contribution in [2.45, 2.75) is 6.42 Å². The SMILES string of the molecule is CN(C)CCCNCC(=O)Nc1ccc(F)c(Cl)c1. The Bertz CT molecular complexity index is 426. The lowest BCUT2D eigenvalue weighted by atomic mass is 10.3. The fourth-order valence-corrected chi connectivity index (χ4v) is 1.68. The van der Waals surface area contributed by atoms with Crippen molar-refractivity contribution < 1.29 is 9.18 Å². The number of carbonyl (C=O) groups is 1. The second-order valence-electron chi connectivity index (χ2n) is 4.51. The topological polar surface area (TPSA) is 44.4 Å². The van der Waals surface area contributed by atoms with E-state index in [1.54, 1.807) is 0 Å². The van der Waals surface area contributed by atoms with Crippen LogP contribution < -0.4 is 10.6 Å². The molecule has 0 bridgehead atoms. The Balaban J connectivity index is 2.25. The molecule has 1 amide bonds. The number of halogens is 2. The van der Waals surface area contributed by atoms with E-state index >= 15 is 0 Å². The van der Waals surface area contributed by atoms with Crippen LogP contribution in [0.4, 0.5) is 10.1 Å². The molecule has 0 fully saturated rings. The molecule has 0 unspecified atom stereocenters. The molecule has 0 heterocycles. The minimum Gasteiger partial charge on any atom is -0.325 e. The molecule has 0 aliphatic rings. The van der Waals surface area contributed by atoms with Crippen LogP contribution in [0.1, 0.15) is 6.42 Å². The van der Waals surface area contributed by atoms with Crippen molar-refractivity contribution in [3.8, 4) is 0 Å². The van der Waals surface area contributed by atoms with Crippen molar-refractivity contribution in [3.05, 3.63) is 29.0 Å². The highest BCUT2D eigenvalue weighted by Gasteiger charge is 2.04. The molecule has 1 aromatic carbocycles. The molecule has 0 saturated carbocycles. The number of anilines is 1. The van der Waals surface area contributed by atoms with Crippen LogP contribution in [0.2, 0.25) is 5.02 Å². The number of nitrogens with zero attached hydrogens (tertiary/aromatic N) is 1. The highest BCUT2D eigenvalue weighted by Crippen LogP contribution is 2.19. The minimum absolute atomic E-state index is 0.00302. The van der Waals surface area contributed by atoms with E-state index in [9.17, 15) is 9.18 Å². The van der Waals surface area contributed by atoms with Gasteiger partial charge in [-0.3, -0.25) is 4.79 Å². The minimum atomic E-state index is -0.499. The lowest BCUT2D eigenvalue weighted by molar-refractivity contribution is -0.115. The fraction of sp³-hybridized carbons (Fsp3) is 0.462. The van der Waals surface area contributed by atoms with Gasteiger partial charge in [0.1, 0.15) is 5.82 Å². The third kappa shape index (κ3) is 6.52. The van der Waals surface area contributed by atoms with E-state index in [4.69, 9.17) is 11.6 Å². The maximum atomic E-state index is 12.9. The molecule has 0 radical (unpaired) electrons. The summed E-state index contributed by atoms with van der Waals surface area (Å²) in [5.74, 6) is -0.672. The third-order valence-electron chi connectivity index (χ3n) is 2.45. The van der Waals surface area contributed by atoms with Gasteiger partial charge < -0.3 is 15.5 Å². The summed E-state index contributed by atoms with van der Waals surface area (Å²) in [5, 5.41) is 5.68. The molecule has 106 valence electrons. The molecule has 0 aliphatic carbocycles. The average molecular weight is 288 g/mol. The Morgan fingerprint density at radius 1 is 1.42 bits per heavy atom. The van der Waals surface area contributed by atoms with Crippen molar-refractivity contribution in [1.29, 1.82) is 0 Å². The zero-order chi connectivity index (χ0) is 14.3. The first-order chi connectivity index (χ1) is 8.99. The van der Waals surface area contributed by atoms with Gasteiger partial charge >= 0.3 is 0 Å². The molecule has 6 heteroatoms. The van der Waals surface area contributed by atoms with E-state index in [0.717, 1.165) is 19.5 Å². The van der Waals surface area contributed by atoms with Crippen molar-refractivity contribution in [2.24, 2.45) is 0 Å². The molecule has 1 rings (SSSR count). The summed E-state index contributed by atoms with van der Waals surface area (Å²) in [7, 11) is 4.01. The number of amides is 1. The fourth-order valence-electron chi connectivity index (χ4n) is 1.50. The predicted molar refractivity (Wildman–Crippen MR) is 76.1 cm³/mol. The van der Waals surface area contributed by atoms with Crippen LogP contribution in [0.3, 0.4) is 0 Å². The van der Waals surface area contributed by atoms with E-state index in [0.29, 0.717) is 5.69 Å². The Morgan fingerprint density at radius 3 is 2.79 bits per heavy atom. The van der Waals surface area contributed by atoms with Crippen molar-refractivity contribution >= 4 is 23.2 Å². The third-order valence-corrected chi connectivity index (χ3v) is 2.74. The summed E-state index contributed by atoms with van der Waals surface area (Å²) in [6.07, 6.45) is 0.975. The summed E-state index contributed by atoms with van der Waals surface area (Å²) >= 11 is 5.63. The Hall–Kier alpha value is -1.17. The molecule has 4 nitrogen and oxygen atoms in total. The molecule has 1 aromatic rings. The van der Waals surface area contributed by atoms with Gasteiger partial charge in [-0.1, -0.05) is 11.6 Å². The Kier molecular flexibility index (Phi) is 6.77. The van der Waals surface area contributed by atoms with E-state index in [-0.39, 0.29) is 17.5 Å². The lowest BCUT2D eigenvalue weighted by Crippen LogP contribution is -2.30. The predicted octanol–water partition coefficient (Wildman–Crippen LogP) is 1.96. The van der Waals surface area contributed by atoms with Gasteiger partial charge in [0.15, 0.2) is 0 Å².